The van der Waals surface area contributed by atoms with E-state index in [-0.39, 0.29) is 0 Å². The molecule has 0 amide bonds. The molecule has 0 unspecified atom stereocenters. The lowest BCUT2D eigenvalue weighted by atomic mass is 10.3. The molecule has 0 fully saturated rings. The first-order valence-corrected chi connectivity index (χ1v) is 4.19. The van der Waals surface area contributed by atoms with E-state index in [1.807, 2.05) is 13.0 Å². The van der Waals surface area contributed by atoms with Gasteiger partial charge in [0.2, 0.25) is 0 Å². The minimum atomic E-state index is 0.384. The zero-order valence-electron chi connectivity index (χ0n) is 6.99. The topological polar surface area (TPSA) is 34.4 Å². The van der Waals surface area contributed by atoms with Gasteiger partial charge in [0.05, 0.1) is 16.2 Å². The fraction of sp³-hybridized carbons (Fsp3) is 0.111. The molecule has 0 saturated heterocycles. The number of fused-ring (bicyclic) bond motifs is 1. The molecule has 3 nitrogen and oxygen atoms in total. The minimum Gasteiger partial charge on any atom is -0.296 e. The standard InChI is InChI=1S/C9H7ClN2O/c1-6-8-3-2-7(10)4-12(8)9(5-13)11-6/h2-5H,1H3. The fourth-order valence-corrected chi connectivity index (χ4v) is 1.49. The van der Waals surface area contributed by atoms with E-state index >= 15 is 0 Å². The maximum atomic E-state index is 10.6. The molecule has 66 valence electrons. The highest BCUT2D eigenvalue weighted by Gasteiger charge is 2.06. The highest BCUT2D eigenvalue weighted by molar-refractivity contribution is 6.30. The second-order valence-electron chi connectivity index (χ2n) is 2.78. The van der Waals surface area contributed by atoms with E-state index < -0.39 is 0 Å². The van der Waals surface area contributed by atoms with Crippen LogP contribution in [0.2, 0.25) is 5.02 Å². The highest BCUT2D eigenvalue weighted by Crippen LogP contribution is 2.15. The predicted octanol–water partition coefficient (Wildman–Crippen LogP) is 2.11. The third-order valence-electron chi connectivity index (χ3n) is 1.92. The molecular weight excluding hydrogens is 188 g/mol. The Morgan fingerprint density at radius 2 is 2.31 bits per heavy atom. The number of hydrogen-bond acceptors (Lipinski definition) is 2. The average molecular weight is 195 g/mol. The van der Waals surface area contributed by atoms with Gasteiger partial charge in [0, 0.05) is 6.20 Å². The SMILES string of the molecule is Cc1nc(C=O)n2cc(Cl)ccc12. The Bertz CT molecular complexity index is 476. The van der Waals surface area contributed by atoms with E-state index in [2.05, 4.69) is 4.98 Å². The van der Waals surface area contributed by atoms with Gasteiger partial charge in [0.15, 0.2) is 12.1 Å². The first-order chi connectivity index (χ1) is 6.22. The van der Waals surface area contributed by atoms with Crippen LogP contribution < -0.4 is 0 Å². The van der Waals surface area contributed by atoms with Crippen LogP contribution in [0.15, 0.2) is 18.3 Å². The van der Waals surface area contributed by atoms with Gasteiger partial charge < -0.3 is 0 Å². The number of aromatic nitrogens is 2. The molecule has 0 aliphatic heterocycles. The number of aryl methyl sites for hydroxylation is 1. The van der Waals surface area contributed by atoms with Gasteiger partial charge in [-0.2, -0.15) is 0 Å². The van der Waals surface area contributed by atoms with Crippen LogP contribution in [0.4, 0.5) is 0 Å². The van der Waals surface area contributed by atoms with Gasteiger partial charge in [0.25, 0.3) is 0 Å². The number of rotatable bonds is 1. The van der Waals surface area contributed by atoms with E-state index in [0.29, 0.717) is 10.8 Å². The number of pyridine rings is 1. The van der Waals surface area contributed by atoms with Gasteiger partial charge in [-0.05, 0) is 19.1 Å². The van der Waals surface area contributed by atoms with Crippen molar-refractivity contribution in [2.24, 2.45) is 0 Å². The summed E-state index contributed by atoms with van der Waals surface area (Å²) in [7, 11) is 0. The highest BCUT2D eigenvalue weighted by atomic mass is 35.5. The number of carbonyl (C=O) groups is 1. The Morgan fingerprint density at radius 1 is 1.54 bits per heavy atom. The molecule has 0 atom stereocenters. The van der Waals surface area contributed by atoms with Crippen LogP contribution in [0.5, 0.6) is 0 Å². The van der Waals surface area contributed by atoms with Gasteiger partial charge in [-0.15, -0.1) is 0 Å². The van der Waals surface area contributed by atoms with Crippen LogP contribution in [0.1, 0.15) is 16.3 Å². The molecule has 2 heterocycles. The molecule has 0 bridgehead atoms. The largest absolute Gasteiger partial charge is 0.296 e. The summed E-state index contributed by atoms with van der Waals surface area (Å²) in [4.78, 5) is 14.7. The van der Waals surface area contributed by atoms with Gasteiger partial charge in [-0.3, -0.25) is 9.20 Å². The van der Waals surface area contributed by atoms with Gasteiger partial charge in [0.1, 0.15) is 0 Å². The van der Waals surface area contributed by atoms with Crippen LogP contribution in [-0.4, -0.2) is 15.7 Å². The summed E-state index contributed by atoms with van der Waals surface area (Å²) in [6.07, 6.45) is 2.40. The molecule has 2 rings (SSSR count). The number of carbonyl (C=O) groups excluding carboxylic acids is 1. The minimum absolute atomic E-state index is 0.384. The molecule has 0 radical (unpaired) electrons. The Morgan fingerprint density at radius 3 is 3.00 bits per heavy atom. The molecule has 0 aromatic carbocycles. The zero-order chi connectivity index (χ0) is 9.42. The molecule has 0 N–H and O–H groups in total. The lowest BCUT2D eigenvalue weighted by Gasteiger charge is -1.95. The van der Waals surface area contributed by atoms with Gasteiger partial charge >= 0.3 is 0 Å². The van der Waals surface area contributed by atoms with Crippen molar-refractivity contribution in [3.63, 3.8) is 0 Å². The van der Waals surface area contributed by atoms with E-state index in [0.717, 1.165) is 17.5 Å². The van der Waals surface area contributed by atoms with E-state index in [4.69, 9.17) is 11.6 Å². The van der Waals surface area contributed by atoms with Crippen molar-refractivity contribution in [1.29, 1.82) is 0 Å². The van der Waals surface area contributed by atoms with E-state index in [1.165, 1.54) is 0 Å². The van der Waals surface area contributed by atoms with Crippen molar-refractivity contribution in [1.82, 2.24) is 9.38 Å². The maximum absolute atomic E-state index is 10.6. The van der Waals surface area contributed by atoms with E-state index in [1.54, 1.807) is 16.7 Å². The van der Waals surface area contributed by atoms with Crippen molar-refractivity contribution in [2.75, 3.05) is 0 Å². The molecule has 0 aliphatic carbocycles. The molecule has 2 aromatic heterocycles. The number of hydrogen-bond donors (Lipinski definition) is 0. The Balaban J connectivity index is 2.89. The third-order valence-corrected chi connectivity index (χ3v) is 2.14. The quantitative estimate of drug-likeness (QED) is 0.652. The van der Waals surface area contributed by atoms with Crippen molar-refractivity contribution in [3.8, 4) is 0 Å². The summed E-state index contributed by atoms with van der Waals surface area (Å²) >= 11 is 5.79. The second-order valence-corrected chi connectivity index (χ2v) is 3.21. The smallest absolute Gasteiger partial charge is 0.185 e. The van der Waals surface area contributed by atoms with Crippen molar-refractivity contribution >= 4 is 23.4 Å². The predicted molar refractivity (Wildman–Crippen MR) is 50.3 cm³/mol. The normalized spacial score (nSPS) is 10.6. The monoisotopic (exact) mass is 194 g/mol. The van der Waals surface area contributed by atoms with Gasteiger partial charge in [-0.25, -0.2) is 4.98 Å². The van der Waals surface area contributed by atoms with Crippen LogP contribution in [0.25, 0.3) is 5.52 Å². The number of aldehydes is 1. The summed E-state index contributed by atoms with van der Waals surface area (Å²) in [5.41, 5.74) is 1.74. The van der Waals surface area contributed by atoms with Crippen molar-refractivity contribution in [2.45, 2.75) is 6.92 Å². The van der Waals surface area contributed by atoms with Crippen LogP contribution in [-0.2, 0) is 0 Å². The third kappa shape index (κ3) is 1.21. The van der Waals surface area contributed by atoms with Crippen LogP contribution >= 0.6 is 11.6 Å². The molecule has 0 spiro atoms. The molecular formula is C9H7ClN2O. The summed E-state index contributed by atoms with van der Waals surface area (Å²) in [5, 5.41) is 0.591. The molecule has 0 aliphatic rings. The first kappa shape index (κ1) is 8.26. The molecule has 0 saturated carbocycles. The van der Waals surface area contributed by atoms with Crippen LogP contribution in [0, 0.1) is 6.92 Å². The van der Waals surface area contributed by atoms with Crippen LogP contribution in [0.3, 0.4) is 0 Å². The summed E-state index contributed by atoms with van der Waals surface area (Å²) in [5.74, 6) is 0.384. The summed E-state index contributed by atoms with van der Waals surface area (Å²) < 4.78 is 1.69. The molecule has 4 heteroatoms. The molecule has 13 heavy (non-hydrogen) atoms. The van der Waals surface area contributed by atoms with Gasteiger partial charge in [-0.1, -0.05) is 11.6 Å². The summed E-state index contributed by atoms with van der Waals surface area (Å²) in [6, 6.07) is 3.62. The Hall–Kier alpha value is -1.35. The van der Waals surface area contributed by atoms with Crippen molar-refractivity contribution < 1.29 is 4.79 Å². The maximum Gasteiger partial charge on any atom is 0.185 e. The van der Waals surface area contributed by atoms with E-state index in [9.17, 15) is 4.79 Å². The average Bonchev–Trinajstić information content (AvgIpc) is 2.42. The zero-order valence-corrected chi connectivity index (χ0v) is 7.75. The Kier molecular flexibility index (Phi) is 1.81. The Labute approximate surface area is 80.0 Å². The fourth-order valence-electron chi connectivity index (χ4n) is 1.33. The molecule has 2 aromatic rings. The lowest BCUT2D eigenvalue weighted by Crippen LogP contribution is -1.90. The number of imidazole rings is 1. The number of halogens is 1. The second kappa shape index (κ2) is 2.85. The van der Waals surface area contributed by atoms with Crippen molar-refractivity contribution in [3.05, 3.63) is 34.9 Å². The summed E-state index contributed by atoms with van der Waals surface area (Å²) in [6.45, 7) is 1.86. The number of nitrogens with zero attached hydrogens (tertiary/aromatic N) is 2. The first-order valence-electron chi connectivity index (χ1n) is 3.82. The lowest BCUT2D eigenvalue weighted by molar-refractivity contribution is 0.111.